The van der Waals surface area contributed by atoms with E-state index in [1.807, 2.05) is 0 Å². The van der Waals surface area contributed by atoms with E-state index in [-0.39, 0.29) is 0 Å². The molecule has 3 rings (SSSR count). The van der Waals surface area contributed by atoms with Gasteiger partial charge in [0.1, 0.15) is 13.2 Å². The van der Waals surface area contributed by atoms with Crippen molar-refractivity contribution in [1.29, 1.82) is 0 Å². The van der Waals surface area contributed by atoms with Crippen molar-refractivity contribution in [1.82, 2.24) is 5.32 Å². The van der Waals surface area contributed by atoms with Gasteiger partial charge in [-0.15, -0.1) is 0 Å². The van der Waals surface area contributed by atoms with Crippen molar-refractivity contribution in [2.24, 2.45) is 0 Å². The summed E-state index contributed by atoms with van der Waals surface area (Å²) in [5, 5.41) is 3.64. The van der Waals surface area contributed by atoms with Crippen LogP contribution in [0.2, 0.25) is 0 Å². The standard InChI is InChI=1S/C14H18BrNO2S/c15-12-7-10(8-13-14(12)18-4-3-17-13)9-16-11-1-5-19-6-2-11/h7-8,11,16H,1-6,9H2. The Balaban J connectivity index is 1.65. The maximum absolute atomic E-state index is 5.65. The zero-order chi connectivity index (χ0) is 13.1. The number of fused-ring (bicyclic) bond motifs is 1. The summed E-state index contributed by atoms with van der Waals surface area (Å²) in [6.07, 6.45) is 2.55. The topological polar surface area (TPSA) is 30.5 Å². The predicted molar refractivity (Wildman–Crippen MR) is 82.3 cm³/mol. The molecule has 5 heteroatoms. The van der Waals surface area contributed by atoms with Crippen LogP contribution in [0.5, 0.6) is 11.5 Å². The van der Waals surface area contributed by atoms with Crippen LogP contribution in [0.25, 0.3) is 0 Å². The lowest BCUT2D eigenvalue weighted by Gasteiger charge is -2.24. The van der Waals surface area contributed by atoms with Crippen molar-refractivity contribution in [3.05, 3.63) is 22.2 Å². The molecular weight excluding hydrogens is 326 g/mol. The Morgan fingerprint density at radius 3 is 2.84 bits per heavy atom. The number of hydrogen-bond acceptors (Lipinski definition) is 4. The van der Waals surface area contributed by atoms with Crippen LogP contribution >= 0.6 is 27.7 Å². The first-order valence-corrected chi connectivity index (χ1v) is 8.67. The third kappa shape index (κ3) is 3.38. The lowest BCUT2D eigenvalue weighted by molar-refractivity contribution is 0.170. The number of rotatable bonds is 3. The quantitative estimate of drug-likeness (QED) is 0.912. The van der Waals surface area contributed by atoms with Crippen molar-refractivity contribution in [3.63, 3.8) is 0 Å². The van der Waals surface area contributed by atoms with E-state index in [4.69, 9.17) is 9.47 Å². The summed E-state index contributed by atoms with van der Waals surface area (Å²) in [4.78, 5) is 0. The van der Waals surface area contributed by atoms with Crippen molar-refractivity contribution >= 4 is 27.7 Å². The number of ether oxygens (including phenoxy) is 2. The molecule has 0 amide bonds. The van der Waals surface area contributed by atoms with Crippen LogP contribution in [0.4, 0.5) is 0 Å². The molecule has 2 aliphatic rings. The van der Waals surface area contributed by atoms with E-state index in [9.17, 15) is 0 Å². The van der Waals surface area contributed by atoms with Crippen molar-refractivity contribution in [2.45, 2.75) is 25.4 Å². The van der Waals surface area contributed by atoms with E-state index in [0.29, 0.717) is 19.3 Å². The van der Waals surface area contributed by atoms with Crippen LogP contribution in [0.3, 0.4) is 0 Å². The molecule has 0 bridgehead atoms. The van der Waals surface area contributed by atoms with Crippen LogP contribution in [0.15, 0.2) is 16.6 Å². The van der Waals surface area contributed by atoms with Gasteiger partial charge in [0.05, 0.1) is 4.47 Å². The van der Waals surface area contributed by atoms with Gasteiger partial charge in [-0.1, -0.05) is 0 Å². The highest BCUT2D eigenvalue weighted by Crippen LogP contribution is 2.38. The predicted octanol–water partition coefficient (Wildman–Crippen LogP) is 3.21. The molecule has 0 aliphatic carbocycles. The lowest BCUT2D eigenvalue weighted by atomic mass is 10.1. The van der Waals surface area contributed by atoms with Crippen LogP contribution in [-0.2, 0) is 6.54 Å². The number of hydrogen-bond donors (Lipinski definition) is 1. The Bertz CT molecular complexity index is 449. The third-order valence-electron chi connectivity index (χ3n) is 3.47. The first kappa shape index (κ1) is 13.6. The smallest absolute Gasteiger partial charge is 0.175 e. The van der Waals surface area contributed by atoms with E-state index >= 15 is 0 Å². The lowest BCUT2D eigenvalue weighted by Crippen LogP contribution is -2.32. The largest absolute Gasteiger partial charge is 0.486 e. The van der Waals surface area contributed by atoms with Gasteiger partial charge in [0.15, 0.2) is 11.5 Å². The van der Waals surface area contributed by atoms with E-state index in [0.717, 1.165) is 22.5 Å². The SMILES string of the molecule is Brc1cc(CNC2CCSCC2)cc2c1OCCO2. The van der Waals surface area contributed by atoms with Crippen molar-refractivity contribution in [2.75, 3.05) is 24.7 Å². The van der Waals surface area contributed by atoms with Gasteiger partial charge in [-0.25, -0.2) is 0 Å². The molecule has 0 unspecified atom stereocenters. The Morgan fingerprint density at radius 2 is 2.00 bits per heavy atom. The monoisotopic (exact) mass is 343 g/mol. The van der Waals surface area contributed by atoms with Crippen molar-refractivity contribution in [3.8, 4) is 11.5 Å². The second-order valence-electron chi connectivity index (χ2n) is 4.87. The molecule has 1 aromatic carbocycles. The van der Waals surface area contributed by atoms with Gasteiger partial charge in [0.25, 0.3) is 0 Å². The maximum Gasteiger partial charge on any atom is 0.175 e. The number of halogens is 1. The molecule has 1 saturated heterocycles. The Labute approximate surface area is 126 Å². The fraction of sp³-hybridized carbons (Fsp3) is 0.571. The van der Waals surface area contributed by atoms with E-state index in [1.54, 1.807) is 0 Å². The molecule has 104 valence electrons. The molecule has 0 spiro atoms. The average molecular weight is 344 g/mol. The molecule has 0 saturated carbocycles. The fourth-order valence-electron chi connectivity index (χ4n) is 2.43. The minimum absolute atomic E-state index is 0.628. The molecule has 1 fully saturated rings. The Hall–Kier alpha value is -0.390. The second kappa shape index (κ2) is 6.37. The first-order chi connectivity index (χ1) is 9.33. The maximum atomic E-state index is 5.65. The minimum Gasteiger partial charge on any atom is -0.486 e. The van der Waals surface area contributed by atoms with Crippen LogP contribution in [-0.4, -0.2) is 30.8 Å². The summed E-state index contributed by atoms with van der Waals surface area (Å²) < 4.78 is 12.2. The number of benzene rings is 1. The van der Waals surface area contributed by atoms with Gasteiger partial charge in [0.2, 0.25) is 0 Å². The highest BCUT2D eigenvalue weighted by molar-refractivity contribution is 9.10. The van der Waals surface area contributed by atoms with Crippen LogP contribution in [0, 0.1) is 0 Å². The van der Waals surface area contributed by atoms with Gasteiger partial charge in [-0.3, -0.25) is 0 Å². The zero-order valence-corrected chi connectivity index (χ0v) is 13.2. The van der Waals surface area contributed by atoms with Gasteiger partial charge in [-0.2, -0.15) is 11.8 Å². The summed E-state index contributed by atoms with van der Waals surface area (Å²) in [5.41, 5.74) is 1.24. The van der Waals surface area contributed by atoms with Crippen LogP contribution < -0.4 is 14.8 Å². The molecular formula is C14H18BrNO2S. The Morgan fingerprint density at radius 1 is 1.21 bits per heavy atom. The molecule has 2 heterocycles. The number of thioether (sulfide) groups is 1. The molecule has 0 aromatic heterocycles. The van der Waals surface area contributed by atoms with Crippen molar-refractivity contribution < 1.29 is 9.47 Å². The summed E-state index contributed by atoms with van der Waals surface area (Å²) >= 11 is 5.62. The van der Waals surface area contributed by atoms with Gasteiger partial charge >= 0.3 is 0 Å². The van der Waals surface area contributed by atoms with E-state index in [2.05, 4.69) is 45.1 Å². The van der Waals surface area contributed by atoms with Gasteiger partial charge < -0.3 is 14.8 Å². The van der Waals surface area contributed by atoms with Gasteiger partial charge in [0, 0.05) is 12.6 Å². The Kier molecular flexibility index (Phi) is 4.56. The summed E-state index contributed by atoms with van der Waals surface area (Å²) in [5.74, 6) is 4.26. The van der Waals surface area contributed by atoms with E-state index in [1.165, 1.54) is 29.9 Å². The molecule has 19 heavy (non-hydrogen) atoms. The highest BCUT2D eigenvalue weighted by atomic mass is 79.9. The summed E-state index contributed by atoms with van der Waals surface area (Å²) in [7, 11) is 0. The summed E-state index contributed by atoms with van der Waals surface area (Å²) in [6, 6.07) is 4.87. The molecule has 1 aromatic rings. The number of nitrogens with one attached hydrogen (secondary N) is 1. The molecule has 3 nitrogen and oxygen atoms in total. The van der Waals surface area contributed by atoms with Crippen LogP contribution in [0.1, 0.15) is 18.4 Å². The average Bonchev–Trinajstić information content (AvgIpc) is 2.46. The van der Waals surface area contributed by atoms with E-state index < -0.39 is 0 Å². The third-order valence-corrected chi connectivity index (χ3v) is 5.11. The molecule has 0 atom stereocenters. The van der Waals surface area contributed by atoms with Gasteiger partial charge in [-0.05, 0) is 58.0 Å². The highest BCUT2D eigenvalue weighted by Gasteiger charge is 2.17. The fourth-order valence-corrected chi connectivity index (χ4v) is 4.14. The zero-order valence-electron chi connectivity index (χ0n) is 10.8. The molecule has 2 aliphatic heterocycles. The normalized spacial score (nSPS) is 19.4. The molecule has 1 N–H and O–H groups in total. The minimum atomic E-state index is 0.628. The second-order valence-corrected chi connectivity index (χ2v) is 6.95. The molecule has 0 radical (unpaired) electrons. The first-order valence-electron chi connectivity index (χ1n) is 6.72. The summed E-state index contributed by atoms with van der Waals surface area (Å²) in [6.45, 7) is 2.16.